The third kappa shape index (κ3) is 3.74. The molecule has 27 heavy (non-hydrogen) atoms. The van der Waals surface area contributed by atoms with E-state index >= 15 is 0 Å². The monoisotopic (exact) mass is 368 g/mol. The molecule has 1 heterocycles. The van der Waals surface area contributed by atoms with Gasteiger partial charge in [0, 0.05) is 25.6 Å². The number of ether oxygens (including phenoxy) is 2. The SMILES string of the molecule is COc1cccc(CNC(=O)C2c3ccccc3CCN2C(C)=O)c1OC. The van der Waals surface area contributed by atoms with Crippen LogP contribution in [0.4, 0.5) is 0 Å². The van der Waals surface area contributed by atoms with Gasteiger partial charge in [0.05, 0.1) is 14.2 Å². The minimum Gasteiger partial charge on any atom is -0.493 e. The summed E-state index contributed by atoms with van der Waals surface area (Å²) >= 11 is 0. The zero-order valence-corrected chi connectivity index (χ0v) is 15.8. The zero-order valence-electron chi connectivity index (χ0n) is 15.8. The molecule has 2 aromatic carbocycles. The van der Waals surface area contributed by atoms with Crippen LogP contribution in [0.25, 0.3) is 0 Å². The normalized spacial score (nSPS) is 15.7. The molecule has 0 aliphatic carbocycles. The van der Waals surface area contributed by atoms with Gasteiger partial charge in [-0.3, -0.25) is 9.59 Å². The van der Waals surface area contributed by atoms with Crippen molar-refractivity contribution in [2.75, 3.05) is 20.8 Å². The fourth-order valence-electron chi connectivity index (χ4n) is 3.56. The van der Waals surface area contributed by atoms with Gasteiger partial charge in [-0.2, -0.15) is 0 Å². The topological polar surface area (TPSA) is 67.9 Å². The Balaban J connectivity index is 1.84. The summed E-state index contributed by atoms with van der Waals surface area (Å²) in [4.78, 5) is 26.7. The largest absolute Gasteiger partial charge is 0.493 e. The number of carbonyl (C=O) groups excluding carboxylic acids is 2. The van der Waals surface area contributed by atoms with Gasteiger partial charge in [-0.25, -0.2) is 0 Å². The number of fused-ring (bicyclic) bond motifs is 1. The number of benzene rings is 2. The number of rotatable bonds is 5. The molecule has 1 N–H and O–H groups in total. The fraction of sp³-hybridized carbons (Fsp3) is 0.333. The van der Waals surface area contributed by atoms with Gasteiger partial charge in [0.25, 0.3) is 0 Å². The lowest BCUT2D eigenvalue weighted by atomic mass is 9.92. The lowest BCUT2D eigenvalue weighted by molar-refractivity contribution is -0.139. The molecular formula is C21H24N2O4. The molecule has 0 saturated carbocycles. The van der Waals surface area contributed by atoms with Crippen molar-refractivity contribution in [3.63, 3.8) is 0 Å². The molecule has 0 fully saturated rings. The standard InChI is InChI=1S/C21H24N2O4/c1-14(24)23-12-11-15-7-4-5-9-17(15)19(23)21(25)22-13-16-8-6-10-18(26-2)20(16)27-3/h4-10,19H,11-13H2,1-3H3,(H,22,25). The summed E-state index contributed by atoms with van der Waals surface area (Å²) in [5, 5.41) is 2.95. The van der Waals surface area contributed by atoms with E-state index in [-0.39, 0.29) is 18.4 Å². The molecule has 0 radical (unpaired) electrons. The van der Waals surface area contributed by atoms with Gasteiger partial charge in [-0.15, -0.1) is 0 Å². The second kappa shape index (κ2) is 8.12. The lowest BCUT2D eigenvalue weighted by Gasteiger charge is -2.35. The molecule has 6 nitrogen and oxygen atoms in total. The van der Waals surface area contributed by atoms with Crippen molar-refractivity contribution in [3.05, 3.63) is 59.2 Å². The molecule has 1 unspecified atom stereocenters. The highest BCUT2D eigenvalue weighted by molar-refractivity contribution is 5.89. The van der Waals surface area contributed by atoms with Crippen molar-refractivity contribution >= 4 is 11.8 Å². The van der Waals surface area contributed by atoms with E-state index in [1.165, 1.54) is 6.92 Å². The van der Waals surface area contributed by atoms with Crippen LogP contribution in [0.2, 0.25) is 0 Å². The molecule has 1 atom stereocenters. The molecule has 3 rings (SSSR count). The van der Waals surface area contributed by atoms with Gasteiger partial charge < -0.3 is 19.7 Å². The van der Waals surface area contributed by atoms with Crippen LogP contribution >= 0.6 is 0 Å². The molecule has 2 aromatic rings. The lowest BCUT2D eigenvalue weighted by Crippen LogP contribution is -2.46. The predicted octanol–water partition coefficient (Wildman–Crippen LogP) is 2.47. The maximum Gasteiger partial charge on any atom is 0.247 e. The predicted molar refractivity (Wildman–Crippen MR) is 102 cm³/mol. The summed E-state index contributed by atoms with van der Waals surface area (Å²) in [7, 11) is 3.14. The number of hydrogen-bond donors (Lipinski definition) is 1. The van der Waals surface area contributed by atoms with E-state index in [4.69, 9.17) is 9.47 Å². The van der Waals surface area contributed by atoms with Crippen LogP contribution in [0, 0.1) is 0 Å². The molecule has 0 spiro atoms. The third-order valence-corrected chi connectivity index (χ3v) is 4.87. The summed E-state index contributed by atoms with van der Waals surface area (Å²) in [6.07, 6.45) is 0.753. The third-order valence-electron chi connectivity index (χ3n) is 4.87. The Morgan fingerprint density at radius 3 is 2.59 bits per heavy atom. The van der Waals surface area contributed by atoms with Gasteiger partial charge >= 0.3 is 0 Å². The number of carbonyl (C=O) groups is 2. The number of hydrogen-bond acceptors (Lipinski definition) is 4. The van der Waals surface area contributed by atoms with E-state index in [2.05, 4.69) is 5.32 Å². The van der Waals surface area contributed by atoms with Crippen molar-refractivity contribution in [2.24, 2.45) is 0 Å². The van der Waals surface area contributed by atoms with Crippen LogP contribution in [0.3, 0.4) is 0 Å². The first-order valence-corrected chi connectivity index (χ1v) is 8.89. The number of amides is 2. The van der Waals surface area contributed by atoms with Gasteiger partial charge in [0.1, 0.15) is 6.04 Å². The highest BCUT2D eigenvalue weighted by Crippen LogP contribution is 2.32. The van der Waals surface area contributed by atoms with Crippen molar-refractivity contribution in [1.29, 1.82) is 0 Å². The van der Waals surface area contributed by atoms with Gasteiger partial charge in [-0.1, -0.05) is 36.4 Å². The van der Waals surface area contributed by atoms with Crippen molar-refractivity contribution in [2.45, 2.75) is 25.9 Å². The van der Waals surface area contributed by atoms with E-state index in [0.717, 1.165) is 23.1 Å². The summed E-state index contributed by atoms with van der Waals surface area (Å²) < 4.78 is 10.7. The molecule has 1 aliphatic heterocycles. The first kappa shape index (κ1) is 18.8. The van der Waals surface area contributed by atoms with Gasteiger partial charge in [0.15, 0.2) is 11.5 Å². The number of nitrogens with one attached hydrogen (secondary N) is 1. The van der Waals surface area contributed by atoms with E-state index < -0.39 is 6.04 Å². The van der Waals surface area contributed by atoms with E-state index in [1.54, 1.807) is 25.2 Å². The quantitative estimate of drug-likeness (QED) is 0.880. The Bertz CT molecular complexity index is 850. The van der Waals surface area contributed by atoms with Crippen LogP contribution < -0.4 is 14.8 Å². The van der Waals surface area contributed by atoms with Gasteiger partial charge in [-0.05, 0) is 23.6 Å². The second-order valence-electron chi connectivity index (χ2n) is 6.43. The van der Waals surface area contributed by atoms with Crippen LogP contribution in [-0.4, -0.2) is 37.5 Å². The highest BCUT2D eigenvalue weighted by atomic mass is 16.5. The summed E-state index contributed by atoms with van der Waals surface area (Å²) in [6.45, 7) is 2.32. The molecule has 0 saturated heterocycles. The Kier molecular flexibility index (Phi) is 5.64. The maximum absolute atomic E-state index is 13.0. The van der Waals surface area contributed by atoms with Crippen LogP contribution in [0.15, 0.2) is 42.5 Å². The molecule has 6 heteroatoms. The van der Waals surface area contributed by atoms with Crippen molar-refractivity contribution in [1.82, 2.24) is 10.2 Å². The minimum atomic E-state index is -0.621. The zero-order chi connectivity index (χ0) is 19.4. The minimum absolute atomic E-state index is 0.108. The van der Waals surface area contributed by atoms with Crippen molar-refractivity contribution in [3.8, 4) is 11.5 Å². The summed E-state index contributed by atoms with van der Waals surface area (Å²) in [5.74, 6) is 0.885. The van der Waals surface area contributed by atoms with Crippen molar-refractivity contribution < 1.29 is 19.1 Å². The maximum atomic E-state index is 13.0. The van der Waals surface area contributed by atoms with E-state index in [1.807, 2.05) is 36.4 Å². The average molecular weight is 368 g/mol. The second-order valence-corrected chi connectivity index (χ2v) is 6.43. The van der Waals surface area contributed by atoms with E-state index in [0.29, 0.717) is 18.0 Å². The first-order valence-electron chi connectivity index (χ1n) is 8.89. The summed E-state index contributed by atoms with van der Waals surface area (Å²) in [6, 6.07) is 12.7. The molecule has 1 aliphatic rings. The Hall–Kier alpha value is -3.02. The number of nitrogens with zero attached hydrogens (tertiary/aromatic N) is 1. The molecule has 0 aromatic heterocycles. The van der Waals surface area contributed by atoms with E-state index in [9.17, 15) is 9.59 Å². The average Bonchev–Trinajstić information content (AvgIpc) is 2.70. The van der Waals surface area contributed by atoms with Crippen LogP contribution in [0.1, 0.15) is 29.7 Å². The highest BCUT2D eigenvalue weighted by Gasteiger charge is 2.34. The number of methoxy groups -OCH3 is 2. The fourth-order valence-corrected chi connectivity index (χ4v) is 3.56. The summed E-state index contributed by atoms with van der Waals surface area (Å²) in [5.41, 5.74) is 2.80. The first-order chi connectivity index (χ1) is 13.1. The smallest absolute Gasteiger partial charge is 0.247 e. The molecule has 2 amide bonds. The molecule has 0 bridgehead atoms. The van der Waals surface area contributed by atoms with Crippen LogP contribution in [0.5, 0.6) is 11.5 Å². The van der Waals surface area contributed by atoms with Gasteiger partial charge in [0.2, 0.25) is 11.8 Å². The Morgan fingerprint density at radius 1 is 1.11 bits per heavy atom. The Morgan fingerprint density at radius 2 is 1.89 bits per heavy atom. The Labute approximate surface area is 159 Å². The molecular weight excluding hydrogens is 344 g/mol. The molecule has 142 valence electrons. The number of para-hydroxylation sites is 1. The van der Waals surface area contributed by atoms with Crippen LogP contribution in [-0.2, 0) is 22.6 Å².